The zero-order chi connectivity index (χ0) is 13.9. The summed E-state index contributed by atoms with van der Waals surface area (Å²) < 4.78 is 43.1. The molecule has 0 radical (unpaired) electrons. The Balaban J connectivity index is 3.33. The van der Waals surface area contributed by atoms with Crippen LogP contribution in [0.1, 0.15) is 30.9 Å². The van der Waals surface area contributed by atoms with Gasteiger partial charge in [0.1, 0.15) is 0 Å². The lowest BCUT2D eigenvalue weighted by atomic mass is 9.86. The van der Waals surface area contributed by atoms with Gasteiger partial charge in [-0.05, 0) is 17.5 Å². The Morgan fingerprint density at radius 3 is 2.44 bits per heavy atom. The molecule has 0 aliphatic carbocycles. The molecule has 1 rings (SSSR count). The van der Waals surface area contributed by atoms with Gasteiger partial charge in [0.05, 0.1) is 18.6 Å². The third kappa shape index (κ3) is 3.00. The number of nitrogens with zero attached hydrogens (tertiary/aromatic N) is 1. The number of alkyl halides is 3. The molecule has 0 amide bonds. The van der Waals surface area contributed by atoms with Gasteiger partial charge >= 0.3 is 12.1 Å². The fourth-order valence-corrected chi connectivity index (χ4v) is 1.80. The van der Waals surface area contributed by atoms with Gasteiger partial charge in [0.15, 0.2) is 0 Å². The van der Waals surface area contributed by atoms with Crippen LogP contribution in [0, 0.1) is 5.92 Å². The monoisotopic (exact) mass is 261 g/mol. The van der Waals surface area contributed by atoms with Gasteiger partial charge in [-0.2, -0.15) is 13.2 Å². The van der Waals surface area contributed by atoms with E-state index in [0.717, 1.165) is 25.6 Å². The maximum atomic E-state index is 12.9. The Hall–Kier alpha value is -1.59. The van der Waals surface area contributed by atoms with Crippen LogP contribution in [0.5, 0.6) is 0 Å². The molecular formula is C12H14F3NO2. The van der Waals surface area contributed by atoms with Gasteiger partial charge in [-0.25, -0.2) is 0 Å². The van der Waals surface area contributed by atoms with Gasteiger partial charge < -0.3 is 4.74 Å². The van der Waals surface area contributed by atoms with Crippen molar-refractivity contribution in [2.24, 2.45) is 5.92 Å². The number of hydrogen-bond acceptors (Lipinski definition) is 3. The van der Waals surface area contributed by atoms with Gasteiger partial charge in [-0.3, -0.25) is 9.78 Å². The van der Waals surface area contributed by atoms with Crippen molar-refractivity contribution < 1.29 is 22.7 Å². The van der Waals surface area contributed by atoms with Crippen LogP contribution in [0.15, 0.2) is 18.5 Å². The highest BCUT2D eigenvalue weighted by Crippen LogP contribution is 2.37. The van der Waals surface area contributed by atoms with E-state index in [-0.39, 0.29) is 11.5 Å². The van der Waals surface area contributed by atoms with Crippen LogP contribution in [0.4, 0.5) is 13.2 Å². The number of methoxy groups -OCH3 is 1. The standard InChI is InChI=1S/C12H14F3NO2/c1-7(2)10(11(17)18-3)8-6-16-5-4-9(8)12(13,14)15/h4-7,10H,1-3H3. The Labute approximate surface area is 103 Å². The highest BCUT2D eigenvalue weighted by Gasteiger charge is 2.38. The number of rotatable bonds is 3. The van der Waals surface area contributed by atoms with Gasteiger partial charge in [0.25, 0.3) is 0 Å². The van der Waals surface area contributed by atoms with E-state index >= 15 is 0 Å². The molecule has 1 unspecified atom stereocenters. The lowest BCUT2D eigenvalue weighted by Crippen LogP contribution is -2.23. The summed E-state index contributed by atoms with van der Waals surface area (Å²) in [7, 11) is 1.15. The van der Waals surface area contributed by atoms with Crippen LogP contribution >= 0.6 is 0 Å². The first-order chi connectivity index (χ1) is 8.29. The van der Waals surface area contributed by atoms with E-state index in [4.69, 9.17) is 0 Å². The number of carbonyl (C=O) groups excluding carboxylic acids is 1. The molecule has 0 N–H and O–H groups in total. The minimum atomic E-state index is -4.51. The number of carbonyl (C=O) groups is 1. The maximum absolute atomic E-state index is 12.9. The molecule has 100 valence electrons. The largest absolute Gasteiger partial charge is 0.469 e. The Kier molecular flexibility index (Phi) is 4.32. The van der Waals surface area contributed by atoms with Gasteiger partial charge in [-0.1, -0.05) is 13.8 Å². The molecule has 3 nitrogen and oxygen atoms in total. The van der Waals surface area contributed by atoms with E-state index in [2.05, 4.69) is 9.72 Å². The average molecular weight is 261 g/mol. The second-order valence-corrected chi connectivity index (χ2v) is 4.21. The first-order valence-electron chi connectivity index (χ1n) is 5.38. The zero-order valence-electron chi connectivity index (χ0n) is 10.3. The summed E-state index contributed by atoms with van der Waals surface area (Å²) in [5.74, 6) is -1.98. The minimum absolute atomic E-state index is 0.146. The predicted molar refractivity (Wildman–Crippen MR) is 58.8 cm³/mol. The molecule has 0 bridgehead atoms. The van der Waals surface area contributed by atoms with E-state index in [0.29, 0.717) is 0 Å². The quantitative estimate of drug-likeness (QED) is 0.785. The molecule has 18 heavy (non-hydrogen) atoms. The van der Waals surface area contributed by atoms with Crippen molar-refractivity contribution in [2.45, 2.75) is 25.9 Å². The fraction of sp³-hybridized carbons (Fsp3) is 0.500. The third-order valence-electron chi connectivity index (χ3n) is 2.61. The maximum Gasteiger partial charge on any atom is 0.416 e. The third-order valence-corrected chi connectivity index (χ3v) is 2.61. The second-order valence-electron chi connectivity index (χ2n) is 4.21. The number of ether oxygens (including phenoxy) is 1. The highest BCUT2D eigenvalue weighted by atomic mass is 19.4. The molecule has 0 aliphatic rings. The Morgan fingerprint density at radius 1 is 1.39 bits per heavy atom. The van der Waals surface area contributed by atoms with Crippen LogP contribution < -0.4 is 0 Å². The predicted octanol–water partition coefficient (Wildman–Crippen LogP) is 3.01. The molecule has 0 aromatic carbocycles. The molecule has 6 heteroatoms. The van der Waals surface area contributed by atoms with Gasteiger partial charge in [0, 0.05) is 12.4 Å². The molecular weight excluding hydrogens is 247 g/mol. The van der Waals surface area contributed by atoms with Crippen LogP contribution in [-0.4, -0.2) is 18.1 Å². The molecule has 0 aliphatic heterocycles. The lowest BCUT2D eigenvalue weighted by Gasteiger charge is -2.22. The summed E-state index contributed by atoms with van der Waals surface area (Å²) in [4.78, 5) is 15.3. The molecule has 0 saturated carbocycles. The Bertz CT molecular complexity index is 430. The van der Waals surface area contributed by atoms with Crippen LogP contribution in [0.2, 0.25) is 0 Å². The molecule has 1 heterocycles. The number of halogens is 3. The smallest absolute Gasteiger partial charge is 0.416 e. The number of pyridine rings is 1. The van der Waals surface area contributed by atoms with Gasteiger partial charge in [0.2, 0.25) is 0 Å². The number of esters is 1. The first-order valence-corrected chi connectivity index (χ1v) is 5.38. The van der Waals surface area contributed by atoms with E-state index < -0.39 is 23.6 Å². The van der Waals surface area contributed by atoms with Crippen molar-refractivity contribution in [3.8, 4) is 0 Å². The zero-order valence-corrected chi connectivity index (χ0v) is 10.3. The van der Waals surface area contributed by atoms with Crippen molar-refractivity contribution in [3.05, 3.63) is 29.6 Å². The van der Waals surface area contributed by atoms with Crippen molar-refractivity contribution in [1.29, 1.82) is 0 Å². The summed E-state index contributed by atoms with van der Waals surface area (Å²) >= 11 is 0. The summed E-state index contributed by atoms with van der Waals surface area (Å²) in [5.41, 5.74) is -0.992. The van der Waals surface area contributed by atoms with E-state index in [1.165, 1.54) is 0 Å². The summed E-state index contributed by atoms with van der Waals surface area (Å²) in [6.45, 7) is 3.32. The van der Waals surface area contributed by atoms with Crippen LogP contribution in [0.3, 0.4) is 0 Å². The van der Waals surface area contributed by atoms with Crippen molar-refractivity contribution >= 4 is 5.97 Å². The van der Waals surface area contributed by atoms with E-state index in [1.807, 2.05) is 0 Å². The summed E-state index contributed by atoms with van der Waals surface area (Å²) in [6, 6.07) is 0.869. The van der Waals surface area contributed by atoms with E-state index in [9.17, 15) is 18.0 Å². The van der Waals surface area contributed by atoms with Crippen LogP contribution in [-0.2, 0) is 15.7 Å². The molecule has 0 spiro atoms. The fourth-order valence-electron chi connectivity index (χ4n) is 1.80. The van der Waals surface area contributed by atoms with Crippen molar-refractivity contribution in [1.82, 2.24) is 4.98 Å². The molecule has 1 aromatic rings. The topological polar surface area (TPSA) is 39.2 Å². The summed E-state index contributed by atoms with van der Waals surface area (Å²) in [6.07, 6.45) is -2.38. The summed E-state index contributed by atoms with van der Waals surface area (Å²) in [5, 5.41) is 0. The molecule has 1 aromatic heterocycles. The second kappa shape index (κ2) is 5.37. The normalized spacial score (nSPS) is 13.5. The SMILES string of the molecule is COC(=O)C(c1cnccc1C(F)(F)F)C(C)C. The molecule has 1 atom stereocenters. The van der Waals surface area contributed by atoms with Gasteiger partial charge in [-0.15, -0.1) is 0 Å². The number of hydrogen-bond donors (Lipinski definition) is 0. The minimum Gasteiger partial charge on any atom is -0.469 e. The Morgan fingerprint density at radius 2 is 2.00 bits per heavy atom. The van der Waals surface area contributed by atoms with Crippen molar-refractivity contribution in [3.63, 3.8) is 0 Å². The first kappa shape index (κ1) is 14.5. The molecule has 0 fully saturated rings. The lowest BCUT2D eigenvalue weighted by molar-refractivity contribution is -0.145. The van der Waals surface area contributed by atoms with E-state index in [1.54, 1.807) is 13.8 Å². The number of aromatic nitrogens is 1. The van der Waals surface area contributed by atoms with Crippen molar-refractivity contribution in [2.75, 3.05) is 7.11 Å². The molecule has 0 saturated heterocycles. The highest BCUT2D eigenvalue weighted by molar-refractivity contribution is 5.78. The average Bonchev–Trinajstić information content (AvgIpc) is 2.27. The van der Waals surface area contributed by atoms with Crippen LogP contribution in [0.25, 0.3) is 0 Å².